The molecule has 8 heteroatoms. The summed E-state index contributed by atoms with van der Waals surface area (Å²) in [6.45, 7) is 7.43. The number of hydrogen-bond acceptors (Lipinski definition) is 5. The van der Waals surface area contributed by atoms with Gasteiger partial charge in [-0.1, -0.05) is 0 Å². The molecule has 1 aromatic heterocycles. The molecule has 0 radical (unpaired) electrons. The molecule has 1 aromatic carbocycles. The van der Waals surface area contributed by atoms with Crippen LogP contribution in [-0.4, -0.2) is 48.1 Å². The van der Waals surface area contributed by atoms with E-state index in [9.17, 15) is 13.6 Å². The Bertz CT molecular complexity index is 966. The van der Waals surface area contributed by atoms with Crippen LogP contribution in [0.25, 0.3) is 0 Å². The molecule has 0 N–H and O–H groups in total. The number of amides is 1. The topological polar surface area (TPSA) is 69.5 Å². The second kappa shape index (κ2) is 10.0. The van der Waals surface area contributed by atoms with Crippen molar-refractivity contribution >= 4 is 11.7 Å². The van der Waals surface area contributed by atoms with Crippen LogP contribution < -0.4 is 4.90 Å². The first-order chi connectivity index (χ1) is 15.3. The Morgan fingerprint density at radius 3 is 2.41 bits per heavy atom. The monoisotopic (exact) mass is 442 g/mol. The van der Waals surface area contributed by atoms with Gasteiger partial charge in [0.25, 0.3) is 0 Å². The number of nitriles is 1. The van der Waals surface area contributed by atoms with E-state index in [0.717, 1.165) is 11.9 Å². The normalized spacial score (nSPS) is 15.0. The minimum Gasteiger partial charge on any atom is -0.360 e. The van der Waals surface area contributed by atoms with Crippen molar-refractivity contribution in [1.29, 1.82) is 5.26 Å². The van der Waals surface area contributed by atoms with E-state index in [1.165, 1.54) is 18.3 Å². The van der Waals surface area contributed by atoms with Crippen LogP contribution in [0.4, 0.5) is 14.6 Å². The van der Waals surface area contributed by atoms with E-state index in [-0.39, 0.29) is 18.6 Å². The van der Waals surface area contributed by atoms with E-state index in [1.54, 1.807) is 17.0 Å². The van der Waals surface area contributed by atoms with Gasteiger partial charge >= 0.3 is 0 Å². The Morgan fingerprint density at radius 2 is 1.91 bits per heavy atom. The van der Waals surface area contributed by atoms with Gasteiger partial charge in [-0.15, -0.1) is 0 Å². The molecule has 0 aliphatic heterocycles. The van der Waals surface area contributed by atoms with Crippen molar-refractivity contribution in [3.8, 4) is 6.07 Å². The molecular formula is C24H28F2N4O2. The molecule has 1 aliphatic carbocycles. The zero-order valence-corrected chi connectivity index (χ0v) is 18.6. The Kier molecular flexibility index (Phi) is 7.41. The quantitative estimate of drug-likeness (QED) is 0.556. The van der Waals surface area contributed by atoms with Crippen molar-refractivity contribution in [2.45, 2.75) is 45.3 Å². The van der Waals surface area contributed by atoms with Gasteiger partial charge in [0.05, 0.1) is 11.2 Å². The zero-order chi connectivity index (χ0) is 23.3. The van der Waals surface area contributed by atoms with E-state index in [2.05, 4.69) is 16.0 Å². The van der Waals surface area contributed by atoms with Crippen LogP contribution in [-0.2, 0) is 15.1 Å². The van der Waals surface area contributed by atoms with Crippen LogP contribution >= 0.6 is 0 Å². The summed E-state index contributed by atoms with van der Waals surface area (Å²) >= 11 is 0. The number of likely N-dealkylation sites (N-methyl/N-ethyl adjacent to an activating group) is 2. The predicted octanol–water partition coefficient (Wildman–Crippen LogP) is 4.00. The molecule has 2 aromatic rings. The van der Waals surface area contributed by atoms with Crippen LogP contribution in [0, 0.1) is 23.0 Å². The summed E-state index contributed by atoms with van der Waals surface area (Å²) in [4.78, 5) is 21.0. The summed E-state index contributed by atoms with van der Waals surface area (Å²) in [5.74, 6) is -0.738. The lowest BCUT2D eigenvalue weighted by Gasteiger charge is -2.33. The number of halogens is 2. The average Bonchev–Trinajstić information content (AvgIpc) is 3.57. The molecule has 32 heavy (non-hydrogen) atoms. The first-order valence-electron chi connectivity index (χ1n) is 10.8. The smallest absolute Gasteiger partial charge is 0.248 e. The Labute approximate surface area is 187 Å². The summed E-state index contributed by atoms with van der Waals surface area (Å²) in [5.41, 5.74) is 0.140. The van der Waals surface area contributed by atoms with Crippen molar-refractivity contribution < 1.29 is 18.3 Å². The highest BCUT2D eigenvalue weighted by molar-refractivity contribution is 5.77. The van der Waals surface area contributed by atoms with Crippen LogP contribution in [0.15, 0.2) is 36.5 Å². The number of nitrogens with zero attached hydrogens (tertiary/aromatic N) is 4. The van der Waals surface area contributed by atoms with Crippen molar-refractivity contribution in [2.75, 3.05) is 31.1 Å². The molecule has 6 nitrogen and oxygen atoms in total. The van der Waals surface area contributed by atoms with Gasteiger partial charge in [0, 0.05) is 37.9 Å². The molecule has 0 bridgehead atoms. The molecule has 1 fully saturated rings. The molecular weight excluding hydrogens is 414 g/mol. The van der Waals surface area contributed by atoms with Crippen LogP contribution in [0.2, 0.25) is 0 Å². The standard InChI is InChI=1S/C24H28F2N4O2/c1-4-29(15-17(3)30(5-2)22-7-6-18(13-27)14-28-22)23(31)16-32-24(8-9-24)19-10-20(25)12-21(26)11-19/h6-7,10-12,14,17H,4-5,8-9,15-16H2,1-3H3. The third-order valence-corrected chi connectivity index (χ3v) is 5.83. The van der Waals surface area contributed by atoms with E-state index >= 15 is 0 Å². The largest absolute Gasteiger partial charge is 0.360 e. The molecule has 0 saturated heterocycles. The minimum atomic E-state index is -0.786. The Hall–Kier alpha value is -3.05. The number of carbonyl (C=O) groups is 1. The number of rotatable bonds is 10. The molecule has 1 heterocycles. The van der Waals surface area contributed by atoms with Gasteiger partial charge in [-0.25, -0.2) is 13.8 Å². The van der Waals surface area contributed by atoms with E-state index < -0.39 is 17.2 Å². The zero-order valence-electron chi connectivity index (χ0n) is 18.6. The fraction of sp³-hybridized carbons (Fsp3) is 0.458. The van der Waals surface area contributed by atoms with Crippen molar-refractivity contribution in [3.05, 3.63) is 59.3 Å². The summed E-state index contributed by atoms with van der Waals surface area (Å²) < 4.78 is 33.1. The first-order valence-corrected chi connectivity index (χ1v) is 10.8. The lowest BCUT2D eigenvalue weighted by atomic mass is 10.1. The number of ether oxygens (including phenoxy) is 1. The van der Waals surface area contributed by atoms with Crippen LogP contribution in [0.3, 0.4) is 0 Å². The van der Waals surface area contributed by atoms with Gasteiger partial charge < -0.3 is 14.5 Å². The Balaban J connectivity index is 1.62. The molecule has 3 rings (SSSR count). The second-order valence-electron chi connectivity index (χ2n) is 8.03. The molecule has 1 unspecified atom stereocenters. The Morgan fingerprint density at radius 1 is 1.22 bits per heavy atom. The summed E-state index contributed by atoms with van der Waals surface area (Å²) in [5, 5.41) is 8.96. The highest BCUT2D eigenvalue weighted by Gasteiger charge is 2.46. The molecule has 1 atom stereocenters. The number of anilines is 1. The number of benzene rings is 1. The van der Waals surface area contributed by atoms with Gasteiger partial charge in [0.2, 0.25) is 5.91 Å². The van der Waals surface area contributed by atoms with Crippen molar-refractivity contribution in [2.24, 2.45) is 0 Å². The highest BCUT2D eigenvalue weighted by Crippen LogP contribution is 2.49. The molecule has 1 aliphatic rings. The maximum atomic E-state index is 13.6. The van der Waals surface area contributed by atoms with E-state index in [0.29, 0.717) is 43.6 Å². The van der Waals surface area contributed by atoms with Gasteiger partial charge in [0.1, 0.15) is 30.1 Å². The summed E-state index contributed by atoms with van der Waals surface area (Å²) in [6, 6.07) is 8.92. The second-order valence-corrected chi connectivity index (χ2v) is 8.03. The van der Waals surface area contributed by atoms with Gasteiger partial charge in [-0.05, 0) is 63.4 Å². The molecule has 1 saturated carbocycles. The van der Waals surface area contributed by atoms with Crippen molar-refractivity contribution in [3.63, 3.8) is 0 Å². The van der Waals surface area contributed by atoms with Crippen LogP contribution in [0.5, 0.6) is 0 Å². The maximum absolute atomic E-state index is 13.6. The van der Waals surface area contributed by atoms with Crippen molar-refractivity contribution in [1.82, 2.24) is 9.88 Å². The summed E-state index contributed by atoms with van der Waals surface area (Å²) in [6.07, 6.45) is 2.78. The van der Waals surface area contributed by atoms with E-state index in [4.69, 9.17) is 10.00 Å². The van der Waals surface area contributed by atoms with Crippen LogP contribution in [0.1, 0.15) is 44.7 Å². The van der Waals surface area contributed by atoms with Gasteiger partial charge in [-0.2, -0.15) is 5.26 Å². The minimum absolute atomic E-state index is 0.0171. The number of carbonyl (C=O) groups excluding carboxylic acids is 1. The molecule has 1 amide bonds. The number of pyridine rings is 1. The number of hydrogen-bond donors (Lipinski definition) is 0. The highest BCUT2D eigenvalue weighted by atomic mass is 19.1. The van der Waals surface area contributed by atoms with E-state index in [1.807, 2.05) is 20.8 Å². The third-order valence-electron chi connectivity index (χ3n) is 5.83. The number of aromatic nitrogens is 1. The fourth-order valence-electron chi connectivity index (χ4n) is 3.88. The molecule has 0 spiro atoms. The predicted molar refractivity (Wildman–Crippen MR) is 117 cm³/mol. The lowest BCUT2D eigenvalue weighted by molar-refractivity contribution is -0.139. The van der Waals surface area contributed by atoms with Gasteiger partial charge in [-0.3, -0.25) is 4.79 Å². The fourth-order valence-corrected chi connectivity index (χ4v) is 3.88. The summed E-state index contributed by atoms with van der Waals surface area (Å²) in [7, 11) is 0. The lowest BCUT2D eigenvalue weighted by Crippen LogP contribution is -2.46. The first kappa shape index (κ1) is 23.6. The SMILES string of the molecule is CCN(CC(C)N(CC)c1ccc(C#N)cn1)C(=O)COC1(c2cc(F)cc(F)c2)CC1. The van der Waals surface area contributed by atoms with Gasteiger partial charge in [0.15, 0.2) is 0 Å². The maximum Gasteiger partial charge on any atom is 0.248 e. The average molecular weight is 443 g/mol. The molecule has 170 valence electrons. The third kappa shape index (κ3) is 5.40.